The second kappa shape index (κ2) is 6.88. The van der Waals surface area contributed by atoms with Gasteiger partial charge in [-0.2, -0.15) is 0 Å². The van der Waals surface area contributed by atoms with Crippen molar-refractivity contribution >= 4 is 21.6 Å². The van der Waals surface area contributed by atoms with E-state index in [1.54, 1.807) is 12.1 Å². The highest BCUT2D eigenvalue weighted by Crippen LogP contribution is 2.33. The quantitative estimate of drug-likeness (QED) is 0.819. The van der Waals surface area contributed by atoms with Gasteiger partial charge in [0.2, 0.25) is 15.9 Å². The van der Waals surface area contributed by atoms with Crippen LogP contribution in [0, 0.1) is 0 Å². The van der Waals surface area contributed by atoms with Crippen LogP contribution < -0.4 is 15.4 Å². The molecule has 1 aromatic carbocycles. The molecule has 1 aliphatic rings. The molecule has 3 N–H and O–H groups in total. The Labute approximate surface area is 138 Å². The molecule has 1 aromatic rings. The molecule has 6 nitrogen and oxygen atoms in total. The molecule has 0 bridgehead atoms. The normalized spacial score (nSPS) is 18.6. The third-order valence-electron chi connectivity index (χ3n) is 4.18. The van der Waals surface area contributed by atoms with E-state index in [4.69, 9.17) is 5.14 Å². The van der Waals surface area contributed by atoms with Crippen LogP contribution in [-0.4, -0.2) is 33.0 Å². The van der Waals surface area contributed by atoms with Crippen molar-refractivity contribution in [3.05, 3.63) is 23.8 Å². The minimum atomic E-state index is -3.70. The summed E-state index contributed by atoms with van der Waals surface area (Å²) >= 11 is 0. The highest BCUT2D eigenvalue weighted by Gasteiger charge is 2.28. The number of amides is 1. The van der Waals surface area contributed by atoms with Gasteiger partial charge in [-0.05, 0) is 50.5 Å². The molecular weight excluding hydrogens is 314 g/mol. The van der Waals surface area contributed by atoms with Gasteiger partial charge >= 0.3 is 0 Å². The van der Waals surface area contributed by atoms with Gasteiger partial charge in [0.25, 0.3) is 0 Å². The summed E-state index contributed by atoms with van der Waals surface area (Å²) in [6, 6.07) is 5.15. The third-order valence-corrected chi connectivity index (χ3v) is 5.09. The molecule has 0 saturated carbocycles. The number of fused-ring (bicyclic) bond motifs is 1. The molecule has 1 aliphatic heterocycles. The van der Waals surface area contributed by atoms with E-state index < -0.39 is 10.0 Å². The standard InChI is InChI=1S/C16H25N3O3S/c1-4-5-11(2)18-16(20)10-19-12(3)8-13-9-14(23(17,21)22)6-7-15(13)19/h6-7,9,11-12H,4-5,8,10H2,1-3H3,(H,18,20)(H2,17,21,22)/t11-,12-/m0/s1. The summed E-state index contributed by atoms with van der Waals surface area (Å²) in [5, 5.41) is 8.18. The molecule has 1 heterocycles. The first-order chi connectivity index (χ1) is 10.7. The number of rotatable bonds is 6. The highest BCUT2D eigenvalue weighted by atomic mass is 32.2. The maximum Gasteiger partial charge on any atom is 0.239 e. The summed E-state index contributed by atoms with van der Waals surface area (Å²) in [4.78, 5) is 14.3. The summed E-state index contributed by atoms with van der Waals surface area (Å²) in [6.45, 7) is 6.39. The van der Waals surface area contributed by atoms with Crippen molar-refractivity contribution in [1.29, 1.82) is 0 Å². The topological polar surface area (TPSA) is 92.5 Å². The Hall–Kier alpha value is -1.60. The van der Waals surface area contributed by atoms with Crippen LogP contribution >= 0.6 is 0 Å². The predicted molar refractivity (Wildman–Crippen MR) is 90.8 cm³/mol. The minimum absolute atomic E-state index is 0.0128. The van der Waals surface area contributed by atoms with E-state index in [0.29, 0.717) is 6.42 Å². The number of nitrogens with one attached hydrogen (secondary N) is 1. The second-order valence-corrected chi connectivity index (χ2v) is 7.84. The van der Waals surface area contributed by atoms with Crippen LogP contribution in [0.4, 0.5) is 5.69 Å². The van der Waals surface area contributed by atoms with Gasteiger partial charge in [-0.25, -0.2) is 13.6 Å². The molecule has 0 aliphatic carbocycles. The number of primary sulfonamides is 1. The maximum absolute atomic E-state index is 12.2. The van der Waals surface area contributed by atoms with E-state index in [1.165, 1.54) is 6.07 Å². The Kier molecular flexibility index (Phi) is 5.31. The minimum Gasteiger partial charge on any atom is -0.359 e. The lowest BCUT2D eigenvalue weighted by atomic mass is 10.1. The summed E-state index contributed by atoms with van der Waals surface area (Å²) in [7, 11) is -3.70. The zero-order chi connectivity index (χ0) is 17.2. The van der Waals surface area contributed by atoms with Crippen molar-refractivity contribution in [1.82, 2.24) is 5.32 Å². The van der Waals surface area contributed by atoms with Crippen LogP contribution in [0.25, 0.3) is 0 Å². The molecule has 0 unspecified atom stereocenters. The molecule has 0 spiro atoms. The Balaban J connectivity index is 2.13. The first kappa shape index (κ1) is 17.7. The number of benzene rings is 1. The van der Waals surface area contributed by atoms with Crippen molar-refractivity contribution in [2.24, 2.45) is 5.14 Å². The largest absolute Gasteiger partial charge is 0.359 e. The van der Waals surface area contributed by atoms with Gasteiger partial charge in [-0.3, -0.25) is 4.79 Å². The van der Waals surface area contributed by atoms with E-state index in [9.17, 15) is 13.2 Å². The predicted octanol–water partition coefficient (Wildman–Crippen LogP) is 1.39. The average molecular weight is 339 g/mol. The van der Waals surface area contributed by atoms with Crippen LogP contribution in [0.5, 0.6) is 0 Å². The zero-order valence-corrected chi connectivity index (χ0v) is 14.7. The summed E-state index contributed by atoms with van der Waals surface area (Å²) < 4.78 is 22.9. The van der Waals surface area contributed by atoms with Crippen LogP contribution in [0.3, 0.4) is 0 Å². The lowest BCUT2D eigenvalue weighted by molar-refractivity contribution is -0.120. The SMILES string of the molecule is CCC[C@H](C)NC(=O)CN1c2ccc(S(N)(=O)=O)cc2C[C@@H]1C. The average Bonchev–Trinajstić information content (AvgIpc) is 2.73. The van der Waals surface area contributed by atoms with Gasteiger partial charge in [0.1, 0.15) is 0 Å². The van der Waals surface area contributed by atoms with Crippen molar-refractivity contribution < 1.29 is 13.2 Å². The molecule has 7 heteroatoms. The van der Waals surface area contributed by atoms with Gasteiger partial charge in [0.15, 0.2) is 0 Å². The van der Waals surface area contributed by atoms with E-state index >= 15 is 0 Å². The van der Waals surface area contributed by atoms with E-state index in [1.807, 2.05) is 18.7 Å². The maximum atomic E-state index is 12.2. The van der Waals surface area contributed by atoms with E-state index in [-0.39, 0.29) is 29.4 Å². The number of hydrogen-bond donors (Lipinski definition) is 2. The first-order valence-electron chi connectivity index (χ1n) is 7.94. The number of hydrogen-bond acceptors (Lipinski definition) is 4. The lowest BCUT2D eigenvalue weighted by Crippen LogP contribution is -2.43. The molecule has 1 amide bonds. The van der Waals surface area contributed by atoms with Gasteiger partial charge in [0, 0.05) is 17.8 Å². The van der Waals surface area contributed by atoms with E-state index in [2.05, 4.69) is 12.2 Å². The summed E-state index contributed by atoms with van der Waals surface area (Å²) in [6.07, 6.45) is 2.69. The molecule has 0 aromatic heterocycles. The van der Waals surface area contributed by atoms with Crippen molar-refractivity contribution in [3.8, 4) is 0 Å². The third kappa shape index (κ3) is 4.23. The molecule has 2 rings (SSSR count). The second-order valence-electron chi connectivity index (χ2n) is 6.27. The lowest BCUT2D eigenvalue weighted by Gasteiger charge is -2.25. The summed E-state index contributed by atoms with van der Waals surface area (Å²) in [5.74, 6) is -0.0128. The number of sulfonamides is 1. The van der Waals surface area contributed by atoms with Crippen molar-refractivity contribution in [2.75, 3.05) is 11.4 Å². The van der Waals surface area contributed by atoms with Crippen LogP contribution in [0.2, 0.25) is 0 Å². The molecular formula is C16H25N3O3S. The van der Waals surface area contributed by atoms with Crippen molar-refractivity contribution in [2.45, 2.75) is 57.0 Å². The Bertz CT molecular complexity index is 688. The summed E-state index contributed by atoms with van der Waals surface area (Å²) in [5.41, 5.74) is 1.82. The number of carbonyl (C=O) groups is 1. The Morgan fingerprint density at radius 1 is 1.48 bits per heavy atom. The fourth-order valence-electron chi connectivity index (χ4n) is 3.07. The first-order valence-corrected chi connectivity index (χ1v) is 9.48. The van der Waals surface area contributed by atoms with Crippen LogP contribution in [0.1, 0.15) is 39.2 Å². The monoisotopic (exact) mass is 339 g/mol. The molecule has 2 atom stereocenters. The Morgan fingerprint density at radius 2 is 2.17 bits per heavy atom. The van der Waals surface area contributed by atoms with Gasteiger partial charge in [-0.15, -0.1) is 0 Å². The van der Waals surface area contributed by atoms with Gasteiger partial charge < -0.3 is 10.2 Å². The number of nitrogens with zero attached hydrogens (tertiary/aromatic N) is 1. The molecule has 128 valence electrons. The van der Waals surface area contributed by atoms with Crippen LogP contribution in [0.15, 0.2) is 23.1 Å². The fourth-order valence-corrected chi connectivity index (χ4v) is 3.63. The molecule has 0 radical (unpaired) electrons. The van der Waals surface area contributed by atoms with E-state index in [0.717, 1.165) is 24.1 Å². The van der Waals surface area contributed by atoms with Gasteiger partial charge in [0.05, 0.1) is 11.4 Å². The molecule has 23 heavy (non-hydrogen) atoms. The smallest absolute Gasteiger partial charge is 0.239 e. The molecule has 0 fully saturated rings. The Morgan fingerprint density at radius 3 is 2.78 bits per heavy atom. The van der Waals surface area contributed by atoms with Crippen LogP contribution in [-0.2, 0) is 21.2 Å². The number of anilines is 1. The van der Waals surface area contributed by atoms with Crippen molar-refractivity contribution in [3.63, 3.8) is 0 Å². The fraction of sp³-hybridized carbons (Fsp3) is 0.562. The highest BCUT2D eigenvalue weighted by molar-refractivity contribution is 7.89. The van der Waals surface area contributed by atoms with Gasteiger partial charge in [-0.1, -0.05) is 13.3 Å². The zero-order valence-electron chi connectivity index (χ0n) is 13.9. The number of carbonyl (C=O) groups excluding carboxylic acids is 1. The number of nitrogens with two attached hydrogens (primary N) is 1. The molecule has 0 saturated heterocycles.